The van der Waals surface area contributed by atoms with Gasteiger partial charge < -0.3 is 14.9 Å². The van der Waals surface area contributed by atoms with Gasteiger partial charge in [0.05, 0.1) is 10.6 Å². The van der Waals surface area contributed by atoms with Crippen LogP contribution in [0.3, 0.4) is 0 Å². The van der Waals surface area contributed by atoms with Gasteiger partial charge in [0.25, 0.3) is 17.4 Å². The molecule has 2 aromatic rings. The molecule has 1 atom stereocenters. The van der Waals surface area contributed by atoms with Crippen LogP contribution in [0.2, 0.25) is 5.02 Å². The second kappa shape index (κ2) is 7.57. The van der Waals surface area contributed by atoms with E-state index >= 15 is 0 Å². The molecule has 2 aliphatic heterocycles. The summed E-state index contributed by atoms with van der Waals surface area (Å²) in [6.07, 6.45) is 3.37. The number of benzene rings is 1. The molecule has 1 N–H and O–H groups in total. The normalized spacial score (nSPS) is 23.4. The minimum atomic E-state index is -0.844. The van der Waals surface area contributed by atoms with Gasteiger partial charge in [0.2, 0.25) is 0 Å². The van der Waals surface area contributed by atoms with E-state index in [-0.39, 0.29) is 34.1 Å². The van der Waals surface area contributed by atoms with Crippen LogP contribution in [0, 0.1) is 11.2 Å². The molecule has 1 aromatic heterocycles. The first-order valence-electron chi connectivity index (χ1n) is 11.5. The molecule has 1 spiro atoms. The van der Waals surface area contributed by atoms with E-state index in [4.69, 9.17) is 11.6 Å². The van der Waals surface area contributed by atoms with Crippen molar-refractivity contribution in [3.05, 3.63) is 61.8 Å². The SMILES string of the molecule is CN1C(=O)c2c3c(c(O)c(=O)n2C12CCCC(C)(C)C2)C(=O)N(Cc1ccc(F)c(Cl)c1)CC3. The highest BCUT2D eigenvalue weighted by molar-refractivity contribution is 6.30. The van der Waals surface area contributed by atoms with Crippen LogP contribution < -0.4 is 5.56 Å². The summed E-state index contributed by atoms with van der Waals surface area (Å²) in [5.74, 6) is -1.99. The molecule has 3 aliphatic rings. The summed E-state index contributed by atoms with van der Waals surface area (Å²) in [5, 5.41) is 10.9. The molecule has 2 amide bonds. The zero-order valence-corrected chi connectivity index (χ0v) is 20.2. The summed E-state index contributed by atoms with van der Waals surface area (Å²) < 4.78 is 15.0. The number of amides is 2. The summed E-state index contributed by atoms with van der Waals surface area (Å²) in [4.78, 5) is 43.5. The number of hydrogen-bond donors (Lipinski definition) is 1. The molecule has 3 heterocycles. The summed E-state index contributed by atoms with van der Waals surface area (Å²) in [7, 11) is 1.70. The predicted molar refractivity (Wildman–Crippen MR) is 125 cm³/mol. The molecule has 1 fully saturated rings. The summed E-state index contributed by atoms with van der Waals surface area (Å²) in [6.45, 7) is 4.68. The summed E-state index contributed by atoms with van der Waals surface area (Å²) in [6, 6.07) is 4.22. The van der Waals surface area contributed by atoms with Crippen molar-refractivity contribution < 1.29 is 19.1 Å². The number of pyridine rings is 1. The Labute approximate surface area is 201 Å². The smallest absolute Gasteiger partial charge is 0.296 e. The molecule has 5 rings (SSSR count). The molecular weight excluding hydrogens is 461 g/mol. The van der Waals surface area contributed by atoms with E-state index in [9.17, 15) is 23.9 Å². The first-order valence-corrected chi connectivity index (χ1v) is 11.9. The Morgan fingerprint density at radius 2 is 1.88 bits per heavy atom. The number of rotatable bonds is 2. The van der Waals surface area contributed by atoms with Crippen molar-refractivity contribution in [3.63, 3.8) is 0 Å². The Kier molecular flexibility index (Phi) is 5.10. The van der Waals surface area contributed by atoms with E-state index in [0.717, 1.165) is 12.8 Å². The van der Waals surface area contributed by atoms with Crippen molar-refractivity contribution in [2.75, 3.05) is 13.6 Å². The van der Waals surface area contributed by atoms with Gasteiger partial charge in [-0.3, -0.25) is 19.0 Å². The van der Waals surface area contributed by atoms with Crippen LogP contribution in [-0.2, 0) is 18.6 Å². The highest BCUT2D eigenvalue weighted by Gasteiger charge is 2.54. The lowest BCUT2D eigenvalue weighted by molar-refractivity contribution is -0.0109. The number of halogens is 2. The van der Waals surface area contributed by atoms with Gasteiger partial charge in [0.15, 0.2) is 5.75 Å². The number of nitrogens with zero attached hydrogens (tertiary/aromatic N) is 3. The average Bonchev–Trinajstić information content (AvgIpc) is 2.97. The van der Waals surface area contributed by atoms with E-state index < -0.39 is 28.7 Å². The van der Waals surface area contributed by atoms with Gasteiger partial charge in [-0.15, -0.1) is 0 Å². The second-order valence-electron chi connectivity index (χ2n) is 10.5. The third-order valence-electron chi connectivity index (χ3n) is 7.68. The van der Waals surface area contributed by atoms with E-state index in [2.05, 4.69) is 13.8 Å². The molecular formula is C25H27ClFN3O4. The van der Waals surface area contributed by atoms with Crippen LogP contribution in [0.25, 0.3) is 0 Å². The first kappa shape index (κ1) is 22.9. The topological polar surface area (TPSA) is 82.9 Å². The van der Waals surface area contributed by atoms with Crippen LogP contribution in [0.15, 0.2) is 23.0 Å². The van der Waals surface area contributed by atoms with Gasteiger partial charge in [-0.25, -0.2) is 4.39 Å². The monoisotopic (exact) mass is 487 g/mol. The van der Waals surface area contributed by atoms with E-state index in [1.54, 1.807) is 11.9 Å². The molecule has 7 nitrogen and oxygen atoms in total. The van der Waals surface area contributed by atoms with Crippen molar-refractivity contribution in [1.29, 1.82) is 0 Å². The second-order valence-corrected chi connectivity index (χ2v) is 10.9. The number of aromatic nitrogens is 1. The van der Waals surface area contributed by atoms with Crippen molar-refractivity contribution in [3.8, 4) is 5.75 Å². The number of hydrogen-bond acceptors (Lipinski definition) is 4. The Morgan fingerprint density at radius 1 is 1.15 bits per heavy atom. The standard InChI is InChI=1S/C25H27ClFN3O4/c1-24(2)8-4-9-25(13-24)28(3)22(33)19-15-7-10-29(12-14-5-6-17(27)16(26)11-14)21(32)18(15)20(31)23(34)30(19)25/h5-6,11,31H,4,7-10,12-13H2,1-3H3. The minimum Gasteiger partial charge on any atom is -0.502 e. The number of aromatic hydroxyl groups is 1. The molecule has 9 heteroatoms. The molecule has 1 saturated carbocycles. The zero-order valence-electron chi connectivity index (χ0n) is 19.5. The maximum Gasteiger partial charge on any atom is 0.296 e. The number of fused-ring (bicyclic) bond motifs is 4. The van der Waals surface area contributed by atoms with E-state index in [0.29, 0.717) is 36.9 Å². The minimum absolute atomic E-state index is 0.0457. The molecule has 180 valence electrons. The third-order valence-corrected chi connectivity index (χ3v) is 7.97. The Morgan fingerprint density at radius 3 is 2.56 bits per heavy atom. The van der Waals surface area contributed by atoms with Gasteiger partial charge in [0, 0.05) is 25.7 Å². The quantitative estimate of drug-likeness (QED) is 0.696. The fourth-order valence-corrected chi connectivity index (χ4v) is 6.29. The molecule has 34 heavy (non-hydrogen) atoms. The van der Waals surface area contributed by atoms with Gasteiger partial charge in [-0.2, -0.15) is 0 Å². The molecule has 0 saturated heterocycles. The molecule has 0 radical (unpaired) electrons. The van der Waals surface area contributed by atoms with Gasteiger partial charge in [0.1, 0.15) is 17.2 Å². The summed E-state index contributed by atoms with van der Waals surface area (Å²) >= 11 is 5.87. The maximum absolute atomic E-state index is 13.5. The highest BCUT2D eigenvalue weighted by atomic mass is 35.5. The van der Waals surface area contributed by atoms with Crippen molar-refractivity contribution in [1.82, 2.24) is 14.4 Å². The molecule has 0 bridgehead atoms. The predicted octanol–water partition coefficient (Wildman–Crippen LogP) is 3.88. The molecule has 1 aromatic carbocycles. The number of carbonyl (C=O) groups is 2. The molecule has 1 unspecified atom stereocenters. The van der Waals surface area contributed by atoms with Crippen molar-refractivity contribution in [2.24, 2.45) is 5.41 Å². The lowest BCUT2D eigenvalue weighted by atomic mass is 9.71. The van der Waals surface area contributed by atoms with Crippen LogP contribution in [0.1, 0.15) is 71.5 Å². The van der Waals surface area contributed by atoms with Gasteiger partial charge in [-0.1, -0.05) is 31.5 Å². The molecule has 1 aliphatic carbocycles. The lowest BCUT2D eigenvalue weighted by Crippen LogP contribution is -2.53. The van der Waals surface area contributed by atoms with Gasteiger partial charge >= 0.3 is 0 Å². The van der Waals surface area contributed by atoms with Crippen LogP contribution in [-0.4, -0.2) is 44.9 Å². The zero-order chi connectivity index (χ0) is 24.6. The Hall–Kier alpha value is -2.87. The fourth-order valence-electron chi connectivity index (χ4n) is 6.09. The lowest BCUT2D eigenvalue weighted by Gasteiger charge is -2.47. The summed E-state index contributed by atoms with van der Waals surface area (Å²) in [5.41, 5.74) is -0.470. The van der Waals surface area contributed by atoms with Gasteiger partial charge in [-0.05, 0) is 55.2 Å². The third kappa shape index (κ3) is 3.18. The fraction of sp³-hybridized carbons (Fsp3) is 0.480. The van der Waals surface area contributed by atoms with Crippen molar-refractivity contribution in [2.45, 2.75) is 58.2 Å². The first-order chi connectivity index (χ1) is 16.0. The average molecular weight is 488 g/mol. The maximum atomic E-state index is 13.5. The Bertz CT molecular complexity index is 1300. The largest absolute Gasteiger partial charge is 0.502 e. The van der Waals surface area contributed by atoms with E-state index in [1.807, 2.05) is 0 Å². The van der Waals surface area contributed by atoms with Crippen LogP contribution in [0.4, 0.5) is 4.39 Å². The van der Waals surface area contributed by atoms with Crippen LogP contribution >= 0.6 is 11.6 Å². The number of carbonyl (C=O) groups excluding carboxylic acids is 2. The van der Waals surface area contributed by atoms with Crippen molar-refractivity contribution >= 4 is 23.4 Å². The van der Waals surface area contributed by atoms with Crippen LogP contribution in [0.5, 0.6) is 5.75 Å². The van der Waals surface area contributed by atoms with E-state index in [1.165, 1.54) is 27.7 Å². The Balaban J connectivity index is 1.60. The highest BCUT2D eigenvalue weighted by Crippen LogP contribution is 2.50.